The van der Waals surface area contributed by atoms with Crippen LogP contribution in [0.4, 0.5) is 26.3 Å². The topological polar surface area (TPSA) is 137 Å². The Morgan fingerprint density at radius 3 is 1.44 bits per heavy atom. The zero-order chi connectivity index (χ0) is 37.2. The molecule has 301 valence electrons. The minimum Gasteiger partial charge on any atom is -0.538 e. The summed E-state index contributed by atoms with van der Waals surface area (Å²) in [7, 11) is -12.6. The molecule has 2 fully saturated rings. The van der Waals surface area contributed by atoms with Crippen LogP contribution in [0, 0.1) is 6.92 Å². The summed E-state index contributed by atoms with van der Waals surface area (Å²) in [5.74, 6) is -2.54. The number of carbonyl (C=O) groups excluding carboxylic acids is 2. The molecule has 2 atom stereocenters. The van der Waals surface area contributed by atoms with Crippen molar-refractivity contribution in [1.29, 1.82) is 0 Å². The Balaban J connectivity index is 0.000000558. The number of sulfonamides is 2. The van der Waals surface area contributed by atoms with Crippen molar-refractivity contribution in [3.05, 3.63) is 77.0 Å². The number of carbonyl (C=O) groups is 2. The van der Waals surface area contributed by atoms with Crippen molar-refractivity contribution in [1.82, 2.24) is 9.80 Å². The number of rotatable bonds is 13. The van der Waals surface area contributed by atoms with Gasteiger partial charge in [-0.25, -0.2) is 16.8 Å². The molecule has 10 nitrogen and oxygen atoms in total. The van der Waals surface area contributed by atoms with Crippen molar-refractivity contribution in [2.24, 2.45) is 0 Å². The molecule has 2 saturated heterocycles. The van der Waals surface area contributed by atoms with Gasteiger partial charge < -0.3 is 30.9 Å². The van der Waals surface area contributed by atoms with Gasteiger partial charge in [-0.15, -0.1) is 0 Å². The molecule has 0 aliphatic carbocycles. The zero-order valence-electron chi connectivity index (χ0n) is 27.5. The second-order valence-electron chi connectivity index (χ2n) is 11.7. The van der Waals surface area contributed by atoms with Gasteiger partial charge in [0.15, 0.2) is 20.0 Å². The van der Waals surface area contributed by atoms with Crippen LogP contribution in [0.2, 0.25) is 0 Å². The van der Waals surface area contributed by atoms with E-state index in [0.29, 0.717) is 6.42 Å². The molecule has 0 unspecified atom stereocenters. The third kappa shape index (κ3) is 14.7. The molecular weight excluding hydrogens is 1130 g/mol. The average Bonchev–Trinajstić information content (AvgIpc) is 3.70. The number of hydrogen-bond acceptors (Lipinski definition) is 8. The van der Waals surface area contributed by atoms with Gasteiger partial charge in [0.1, 0.15) is 0 Å². The van der Waals surface area contributed by atoms with Crippen LogP contribution in [0.3, 0.4) is 0 Å². The molecule has 2 aromatic rings. The van der Waals surface area contributed by atoms with E-state index < -0.39 is 50.8 Å². The standard InChI is InChI=1S/C21H24F3N2O3PS.C10H16F3N2O3S.2Au/c22-21(23,24)31(28,29)25-20(27)13-15-26-14-7-8-17(26)16-30(18-9-3-1-4-10-18)19-11-5-2-6-12-19;1-2-8-4-3-6-15(8)7-5-9(16)14-19(17,18)10(11,12)13;;/h1-6,9-12,17H,7-8,13-16H2,(H,25,27);8H,1-7H2,(H,14,16);;/q;-1;;+1/p-1/t17-;8-;;/m01../s1. The fourth-order valence-corrected chi connectivity index (χ4v) is 9.65. The molecule has 0 N–H and O–H groups in total. The number of benzene rings is 2. The van der Waals surface area contributed by atoms with Crippen LogP contribution in [0.15, 0.2) is 60.7 Å². The number of hydrogen-bond donors (Lipinski definition) is 0. The smallest absolute Gasteiger partial charge is 0.538 e. The monoisotopic (exact) mass is 1170 g/mol. The van der Waals surface area contributed by atoms with Gasteiger partial charge in [0.2, 0.25) is 0 Å². The fourth-order valence-electron chi connectivity index (χ4n) is 5.80. The summed E-state index contributed by atoms with van der Waals surface area (Å²) in [6.45, 7) is 5.60. The first-order valence-corrected chi connectivity index (χ1v) is 20.3. The van der Waals surface area contributed by atoms with Crippen LogP contribution in [0.25, 0.3) is 9.44 Å². The van der Waals surface area contributed by atoms with Crippen LogP contribution in [-0.2, 0) is 74.4 Å². The van der Waals surface area contributed by atoms with E-state index in [1.54, 1.807) is 0 Å². The summed E-state index contributed by atoms with van der Waals surface area (Å²) < 4.78 is 121. The summed E-state index contributed by atoms with van der Waals surface area (Å²) in [5, 5.41) is 2.54. The second-order valence-corrected chi connectivity index (χ2v) is 17.4. The molecule has 0 aromatic heterocycles. The summed E-state index contributed by atoms with van der Waals surface area (Å²) in [4.78, 5) is 26.9. The van der Waals surface area contributed by atoms with E-state index in [4.69, 9.17) is 0 Å². The molecular formula is C31H39Au2F6N4O6PS2-. The Hall–Kier alpha value is -1.31. The van der Waals surface area contributed by atoms with Gasteiger partial charge in [0.25, 0.3) is 0 Å². The van der Waals surface area contributed by atoms with Crippen LogP contribution < -0.4 is 10.6 Å². The van der Waals surface area contributed by atoms with E-state index in [-0.39, 0.29) is 82.8 Å². The number of alkyl halides is 6. The third-order valence-corrected chi connectivity index (χ3v) is 13.3. The molecule has 0 bridgehead atoms. The van der Waals surface area contributed by atoms with Crippen molar-refractivity contribution in [3.8, 4) is 0 Å². The fraction of sp³-hybridized carbons (Fsp3) is 0.516. The molecule has 2 heterocycles. The quantitative estimate of drug-likeness (QED) is 0.115. The van der Waals surface area contributed by atoms with Gasteiger partial charge in [0, 0.05) is 54.4 Å². The second kappa shape index (κ2) is 21.7. The predicted octanol–water partition coefficient (Wildman–Crippen LogP) is 5.27. The number of halogens is 6. The van der Waals surface area contributed by atoms with E-state index in [1.807, 2.05) is 41.3 Å². The molecule has 2 aromatic carbocycles. The molecule has 1 radical (unpaired) electrons. The van der Waals surface area contributed by atoms with Gasteiger partial charge in [0.05, 0.1) is 36.5 Å². The minimum absolute atomic E-state index is 0. The molecule has 2 amide bonds. The van der Waals surface area contributed by atoms with E-state index in [0.717, 1.165) is 44.9 Å². The Morgan fingerprint density at radius 2 is 1.08 bits per heavy atom. The van der Waals surface area contributed by atoms with Crippen LogP contribution in [0.5, 0.6) is 0 Å². The third-order valence-electron chi connectivity index (χ3n) is 8.27. The number of amides is 2. The van der Waals surface area contributed by atoms with Gasteiger partial charge in [-0.2, -0.15) is 32.8 Å². The average molecular weight is 1170 g/mol. The summed E-state index contributed by atoms with van der Waals surface area (Å²) in [5.41, 5.74) is -11.1. The first-order chi connectivity index (χ1) is 23.3. The summed E-state index contributed by atoms with van der Waals surface area (Å²) >= 11 is 0. The Morgan fingerprint density at radius 1 is 0.712 bits per heavy atom. The maximum absolute atomic E-state index is 12.4. The van der Waals surface area contributed by atoms with Gasteiger partial charge in [-0.3, -0.25) is 4.90 Å². The molecule has 0 spiro atoms. The predicted molar refractivity (Wildman–Crippen MR) is 180 cm³/mol. The first kappa shape index (κ1) is 48.7. The van der Waals surface area contributed by atoms with E-state index in [9.17, 15) is 52.8 Å². The SMILES string of the molecule is O=C(CCN1CCC[C@H]1C[PH+](c1ccccc1)c1ccccc1)[N-]S(=O)(=O)C(F)(F)F.[Au+].[Au].[CH2-]C[C@@H]1CCCN1CCC(=O)[N-]S(=O)(=O)C(F)(F)F. The van der Waals surface area contributed by atoms with Crippen molar-refractivity contribution in [3.63, 3.8) is 0 Å². The number of likely N-dealkylation sites (tertiary alicyclic amines) is 2. The van der Waals surface area contributed by atoms with Crippen molar-refractivity contribution in [2.75, 3.05) is 32.3 Å². The van der Waals surface area contributed by atoms with Crippen molar-refractivity contribution in [2.45, 2.75) is 68.0 Å². The maximum atomic E-state index is 12.4. The Kier molecular flexibility index (Phi) is 20.3. The van der Waals surface area contributed by atoms with Crippen LogP contribution in [-0.4, -0.2) is 93.9 Å². The van der Waals surface area contributed by atoms with Gasteiger partial charge in [-0.05, 0) is 69.1 Å². The number of nitrogens with zero attached hydrogens (tertiary/aromatic N) is 4. The zero-order valence-corrected chi connectivity index (χ0v) is 34.5. The maximum Gasteiger partial charge on any atom is 1.00 e. The van der Waals surface area contributed by atoms with Crippen LogP contribution in [0.1, 0.15) is 44.9 Å². The molecule has 0 saturated carbocycles. The summed E-state index contributed by atoms with van der Waals surface area (Å²) in [6.07, 6.45) is 4.56. The van der Waals surface area contributed by atoms with E-state index in [1.165, 1.54) is 10.6 Å². The van der Waals surface area contributed by atoms with Crippen LogP contribution >= 0.6 is 7.92 Å². The van der Waals surface area contributed by atoms with Crippen molar-refractivity contribution < 1.29 is 97.5 Å². The normalized spacial score (nSPS) is 18.5. The molecule has 52 heavy (non-hydrogen) atoms. The first-order valence-electron chi connectivity index (χ1n) is 15.7. The minimum atomic E-state index is -5.79. The van der Waals surface area contributed by atoms with E-state index in [2.05, 4.69) is 45.5 Å². The van der Waals surface area contributed by atoms with Crippen molar-refractivity contribution >= 4 is 50.4 Å². The Labute approximate surface area is 333 Å². The van der Waals surface area contributed by atoms with Gasteiger partial charge in [-0.1, -0.05) is 36.4 Å². The molecule has 2 aliphatic rings. The Bertz CT molecular complexity index is 1590. The summed E-state index contributed by atoms with van der Waals surface area (Å²) in [6, 6.07) is 20.8. The molecule has 4 rings (SSSR count). The van der Waals surface area contributed by atoms with Gasteiger partial charge >= 0.3 is 33.4 Å². The van der Waals surface area contributed by atoms with E-state index >= 15 is 0 Å². The largest absolute Gasteiger partial charge is 1.00 e. The molecule has 2 aliphatic heterocycles. The molecule has 21 heteroatoms.